The maximum absolute atomic E-state index is 11.9. The van der Waals surface area contributed by atoms with E-state index in [2.05, 4.69) is 10.3 Å². The number of ether oxygens (including phenoxy) is 1. The van der Waals surface area contributed by atoms with Gasteiger partial charge in [0.25, 0.3) is 0 Å². The number of nitrogens with zero attached hydrogens (tertiary/aromatic N) is 1. The van der Waals surface area contributed by atoms with E-state index < -0.39 is 0 Å². The second-order valence-electron chi connectivity index (χ2n) is 4.73. The lowest BCUT2D eigenvalue weighted by Crippen LogP contribution is -2.12. The van der Waals surface area contributed by atoms with Crippen LogP contribution in [0.3, 0.4) is 0 Å². The maximum atomic E-state index is 11.9. The summed E-state index contributed by atoms with van der Waals surface area (Å²) >= 11 is 8.72. The van der Waals surface area contributed by atoms with E-state index in [1.165, 1.54) is 11.3 Å². The Hall–Kier alpha value is -1.57. The highest BCUT2D eigenvalue weighted by molar-refractivity contribution is 7.99. The lowest BCUT2D eigenvalue weighted by atomic mass is 10.3. The minimum atomic E-state index is -0.319. The van der Waals surface area contributed by atoms with Gasteiger partial charge < -0.3 is 10.1 Å². The molecule has 0 aliphatic rings. The van der Waals surface area contributed by atoms with Gasteiger partial charge in [0.2, 0.25) is 5.91 Å². The van der Waals surface area contributed by atoms with E-state index in [1.54, 1.807) is 24.1 Å². The van der Waals surface area contributed by atoms with Crippen LogP contribution in [-0.2, 0) is 20.7 Å². The van der Waals surface area contributed by atoms with Gasteiger partial charge in [0.05, 0.1) is 18.7 Å². The first-order chi connectivity index (χ1) is 11.6. The van der Waals surface area contributed by atoms with Crippen LogP contribution in [0.5, 0.6) is 0 Å². The number of rotatable bonds is 8. The molecule has 8 heteroatoms. The highest BCUT2D eigenvalue weighted by atomic mass is 35.5. The van der Waals surface area contributed by atoms with Crippen molar-refractivity contribution in [2.45, 2.75) is 24.7 Å². The standard InChI is InChI=1S/C16H17ClN2O3S2/c1-2-22-15(21)9-12-10-24-16(18-12)19-14(20)7-8-23-13-5-3-11(17)4-6-13/h3-6,10H,2,7-9H2,1H3,(H,18,19,20). The SMILES string of the molecule is CCOC(=O)Cc1csc(NC(=O)CCSc2ccc(Cl)cc2)n1. The zero-order valence-corrected chi connectivity index (χ0v) is 15.5. The van der Waals surface area contributed by atoms with Crippen LogP contribution in [0.2, 0.25) is 5.02 Å². The Labute approximate surface area is 153 Å². The lowest BCUT2D eigenvalue weighted by molar-refractivity contribution is -0.142. The minimum Gasteiger partial charge on any atom is -0.466 e. The van der Waals surface area contributed by atoms with Crippen molar-refractivity contribution in [3.05, 3.63) is 40.4 Å². The number of anilines is 1. The van der Waals surface area contributed by atoms with Crippen LogP contribution < -0.4 is 5.32 Å². The van der Waals surface area contributed by atoms with Crippen molar-refractivity contribution in [1.29, 1.82) is 0 Å². The first-order valence-electron chi connectivity index (χ1n) is 7.35. The third-order valence-electron chi connectivity index (χ3n) is 2.84. The van der Waals surface area contributed by atoms with Crippen LogP contribution in [-0.4, -0.2) is 29.2 Å². The van der Waals surface area contributed by atoms with Gasteiger partial charge in [-0.3, -0.25) is 9.59 Å². The van der Waals surface area contributed by atoms with E-state index >= 15 is 0 Å². The minimum absolute atomic E-state index is 0.103. The van der Waals surface area contributed by atoms with E-state index in [-0.39, 0.29) is 18.3 Å². The number of nitrogens with one attached hydrogen (secondary N) is 1. The maximum Gasteiger partial charge on any atom is 0.311 e. The Bertz CT molecular complexity index is 689. The van der Waals surface area contributed by atoms with Crippen molar-refractivity contribution in [2.24, 2.45) is 0 Å². The molecule has 0 bridgehead atoms. The van der Waals surface area contributed by atoms with Crippen molar-refractivity contribution in [1.82, 2.24) is 4.98 Å². The summed E-state index contributed by atoms with van der Waals surface area (Å²) in [5, 5.41) is 5.68. The van der Waals surface area contributed by atoms with E-state index in [1.807, 2.05) is 24.3 Å². The third kappa shape index (κ3) is 6.51. The molecule has 5 nitrogen and oxygen atoms in total. The van der Waals surface area contributed by atoms with E-state index in [9.17, 15) is 9.59 Å². The Balaban J connectivity index is 1.73. The molecule has 24 heavy (non-hydrogen) atoms. The molecule has 1 N–H and O–H groups in total. The first kappa shape index (κ1) is 18.8. The Morgan fingerprint density at radius 1 is 1.33 bits per heavy atom. The van der Waals surface area contributed by atoms with Crippen molar-refractivity contribution >= 4 is 51.7 Å². The molecule has 128 valence electrons. The first-order valence-corrected chi connectivity index (χ1v) is 9.59. The largest absolute Gasteiger partial charge is 0.466 e. The van der Waals surface area contributed by atoms with Crippen molar-refractivity contribution < 1.29 is 14.3 Å². The summed E-state index contributed by atoms with van der Waals surface area (Å²) < 4.78 is 4.87. The summed E-state index contributed by atoms with van der Waals surface area (Å²) in [5.74, 6) is 0.239. The molecule has 1 heterocycles. The fourth-order valence-corrected chi connectivity index (χ4v) is 3.48. The predicted octanol–water partition coefficient (Wildman–Crippen LogP) is 4.02. The molecule has 2 aromatic rings. The van der Waals surface area contributed by atoms with Crippen LogP contribution in [0.25, 0.3) is 0 Å². The second kappa shape index (κ2) is 9.66. The number of esters is 1. The number of carbonyl (C=O) groups is 2. The molecule has 0 saturated heterocycles. The number of thioether (sulfide) groups is 1. The van der Waals surface area contributed by atoms with E-state index in [0.717, 1.165) is 4.90 Å². The van der Waals surface area contributed by atoms with Gasteiger partial charge in [0.1, 0.15) is 0 Å². The average Bonchev–Trinajstić information content (AvgIpc) is 2.96. The fourth-order valence-electron chi connectivity index (χ4n) is 1.78. The van der Waals surface area contributed by atoms with Gasteiger partial charge in [-0.05, 0) is 31.2 Å². The summed E-state index contributed by atoms with van der Waals surface area (Å²) in [6.45, 7) is 2.10. The number of halogens is 1. The number of amides is 1. The van der Waals surface area contributed by atoms with Crippen LogP contribution >= 0.6 is 34.7 Å². The van der Waals surface area contributed by atoms with Gasteiger partial charge in [-0.1, -0.05) is 11.6 Å². The molecule has 0 spiro atoms. The number of carbonyl (C=O) groups excluding carboxylic acids is 2. The lowest BCUT2D eigenvalue weighted by Gasteiger charge is -2.03. The second-order valence-corrected chi connectivity index (χ2v) is 7.19. The molecular formula is C16H17ClN2O3S2. The molecule has 0 radical (unpaired) electrons. The molecule has 0 unspecified atom stereocenters. The van der Waals surface area contributed by atoms with Crippen LogP contribution in [0.15, 0.2) is 34.5 Å². The highest BCUT2D eigenvalue weighted by Gasteiger charge is 2.10. The molecular weight excluding hydrogens is 368 g/mol. The molecule has 2 rings (SSSR count). The highest BCUT2D eigenvalue weighted by Crippen LogP contribution is 2.21. The molecule has 0 atom stereocenters. The Kier molecular flexibility index (Phi) is 7.55. The summed E-state index contributed by atoms with van der Waals surface area (Å²) in [6.07, 6.45) is 0.493. The number of benzene rings is 1. The van der Waals surface area contributed by atoms with Gasteiger partial charge in [0, 0.05) is 27.5 Å². The van der Waals surface area contributed by atoms with Gasteiger partial charge in [-0.15, -0.1) is 23.1 Å². The summed E-state index contributed by atoms with van der Waals surface area (Å²) in [4.78, 5) is 28.6. The van der Waals surface area contributed by atoms with Crippen LogP contribution in [0.1, 0.15) is 19.0 Å². The molecule has 1 amide bonds. The van der Waals surface area contributed by atoms with Crippen molar-refractivity contribution in [3.63, 3.8) is 0 Å². The Morgan fingerprint density at radius 2 is 2.08 bits per heavy atom. The zero-order chi connectivity index (χ0) is 17.4. The molecule has 1 aromatic carbocycles. The summed E-state index contributed by atoms with van der Waals surface area (Å²) in [7, 11) is 0. The van der Waals surface area contributed by atoms with Crippen LogP contribution in [0, 0.1) is 0 Å². The monoisotopic (exact) mass is 384 g/mol. The molecule has 0 aliphatic heterocycles. The normalized spacial score (nSPS) is 10.4. The zero-order valence-electron chi connectivity index (χ0n) is 13.1. The third-order valence-corrected chi connectivity index (χ3v) is 4.91. The van der Waals surface area contributed by atoms with Gasteiger partial charge in [-0.25, -0.2) is 4.98 Å². The predicted molar refractivity (Wildman–Crippen MR) is 97.9 cm³/mol. The molecule has 0 aliphatic carbocycles. The average molecular weight is 385 g/mol. The number of hydrogen-bond donors (Lipinski definition) is 1. The fraction of sp³-hybridized carbons (Fsp3) is 0.312. The summed E-state index contributed by atoms with van der Waals surface area (Å²) in [5.41, 5.74) is 0.601. The molecule has 1 aromatic heterocycles. The smallest absolute Gasteiger partial charge is 0.311 e. The van der Waals surface area contributed by atoms with Gasteiger partial charge in [-0.2, -0.15) is 0 Å². The molecule has 0 fully saturated rings. The quantitative estimate of drug-likeness (QED) is 0.549. The van der Waals surface area contributed by atoms with Gasteiger partial charge in [0.15, 0.2) is 5.13 Å². The van der Waals surface area contributed by atoms with Crippen molar-refractivity contribution in [2.75, 3.05) is 17.7 Å². The molecule has 0 saturated carbocycles. The van der Waals surface area contributed by atoms with Crippen LogP contribution in [0.4, 0.5) is 5.13 Å². The van der Waals surface area contributed by atoms with Crippen molar-refractivity contribution in [3.8, 4) is 0 Å². The number of hydrogen-bond acceptors (Lipinski definition) is 6. The topological polar surface area (TPSA) is 68.3 Å². The van der Waals surface area contributed by atoms with Gasteiger partial charge >= 0.3 is 5.97 Å². The number of thiazole rings is 1. The summed E-state index contributed by atoms with van der Waals surface area (Å²) in [6, 6.07) is 7.50. The van der Waals surface area contributed by atoms with E-state index in [0.29, 0.717) is 34.6 Å². The Morgan fingerprint density at radius 3 is 2.79 bits per heavy atom. The number of aromatic nitrogens is 1. The van der Waals surface area contributed by atoms with E-state index in [4.69, 9.17) is 16.3 Å².